The van der Waals surface area contributed by atoms with Gasteiger partial charge in [-0.3, -0.25) is 5.01 Å². The molecule has 1 atom stereocenters. The molecule has 0 fully saturated rings. The molecule has 0 aliphatic carbocycles. The van der Waals surface area contributed by atoms with Crippen LogP contribution in [0.2, 0.25) is 0 Å². The van der Waals surface area contributed by atoms with E-state index >= 15 is 0 Å². The summed E-state index contributed by atoms with van der Waals surface area (Å²) in [6.45, 7) is 5.61. The van der Waals surface area contributed by atoms with Gasteiger partial charge >= 0.3 is 6.18 Å². The van der Waals surface area contributed by atoms with Crippen LogP contribution in [0.3, 0.4) is 0 Å². The van der Waals surface area contributed by atoms with Crippen molar-refractivity contribution >= 4 is 11.4 Å². The normalized spacial score (nSPS) is 19.1. The molecule has 18 heavy (non-hydrogen) atoms. The molecule has 2 nitrogen and oxygen atoms in total. The van der Waals surface area contributed by atoms with Crippen LogP contribution in [0, 0.1) is 0 Å². The smallest absolute Gasteiger partial charge is 0.253 e. The molecule has 0 saturated carbocycles. The van der Waals surface area contributed by atoms with Crippen LogP contribution in [-0.2, 0) is 0 Å². The van der Waals surface area contributed by atoms with Crippen molar-refractivity contribution in [2.24, 2.45) is 5.10 Å². The lowest BCUT2D eigenvalue weighted by molar-refractivity contribution is -0.145. The van der Waals surface area contributed by atoms with Gasteiger partial charge in [0.1, 0.15) is 0 Å². The number of rotatable bonds is 1. The topological polar surface area (TPSA) is 15.6 Å². The molecule has 2 rings (SSSR count). The zero-order chi connectivity index (χ0) is 13.8. The first kappa shape index (κ1) is 14.5. The maximum Gasteiger partial charge on any atom is 0.411 e. The molecule has 100 valence electrons. The number of nitrogens with zero attached hydrogens (tertiary/aromatic N) is 2. The fourth-order valence-corrected chi connectivity index (χ4v) is 1.73. The van der Waals surface area contributed by atoms with E-state index in [4.69, 9.17) is 0 Å². The van der Waals surface area contributed by atoms with E-state index in [1.54, 1.807) is 37.3 Å². The van der Waals surface area contributed by atoms with E-state index in [9.17, 15) is 13.2 Å². The van der Waals surface area contributed by atoms with Crippen LogP contribution in [-0.4, -0.2) is 17.9 Å². The molecular weight excluding hydrogens is 241 g/mol. The molecular formula is C13H17F3N2. The van der Waals surface area contributed by atoms with Crippen molar-refractivity contribution in [2.45, 2.75) is 39.4 Å². The highest BCUT2D eigenvalue weighted by Gasteiger charge is 2.47. The molecule has 0 spiro atoms. The molecule has 1 aromatic rings. The van der Waals surface area contributed by atoms with Gasteiger partial charge in [0, 0.05) is 12.1 Å². The lowest BCUT2D eigenvalue weighted by Crippen LogP contribution is -2.40. The Labute approximate surface area is 105 Å². The number of hydrogen-bond donors (Lipinski definition) is 0. The summed E-state index contributed by atoms with van der Waals surface area (Å²) in [5.41, 5.74) is 0.979. The Morgan fingerprint density at radius 3 is 2.22 bits per heavy atom. The lowest BCUT2D eigenvalue weighted by atomic mass is 10.1. The predicted octanol–water partition coefficient (Wildman–Crippen LogP) is 4.23. The highest BCUT2D eigenvalue weighted by atomic mass is 19.4. The minimum atomic E-state index is -4.25. The van der Waals surface area contributed by atoms with Gasteiger partial charge in [-0.15, -0.1) is 0 Å². The summed E-state index contributed by atoms with van der Waals surface area (Å²) in [6, 6.07) is 6.88. The third kappa shape index (κ3) is 3.24. The summed E-state index contributed by atoms with van der Waals surface area (Å²) in [6.07, 6.45) is -4.31. The average Bonchev–Trinajstić information content (AvgIpc) is 2.75. The van der Waals surface area contributed by atoms with Gasteiger partial charge in [-0.05, 0) is 19.1 Å². The summed E-state index contributed by atoms with van der Waals surface area (Å²) in [5.74, 6) is 0. The number of halogens is 3. The van der Waals surface area contributed by atoms with Gasteiger partial charge in [0.2, 0.25) is 0 Å². The fourth-order valence-electron chi connectivity index (χ4n) is 1.73. The Hall–Kier alpha value is -1.52. The summed E-state index contributed by atoms with van der Waals surface area (Å²) in [4.78, 5) is 0. The van der Waals surface area contributed by atoms with Crippen molar-refractivity contribution < 1.29 is 13.2 Å². The molecule has 1 aliphatic heterocycles. The second-order valence-electron chi connectivity index (χ2n) is 3.78. The van der Waals surface area contributed by atoms with Crippen molar-refractivity contribution in [2.75, 3.05) is 5.01 Å². The molecule has 0 radical (unpaired) electrons. The number of alkyl halides is 3. The van der Waals surface area contributed by atoms with E-state index in [0.29, 0.717) is 11.4 Å². The van der Waals surface area contributed by atoms with Crippen molar-refractivity contribution in [3.63, 3.8) is 0 Å². The predicted molar refractivity (Wildman–Crippen MR) is 67.8 cm³/mol. The van der Waals surface area contributed by atoms with E-state index in [1.807, 2.05) is 13.8 Å². The van der Waals surface area contributed by atoms with Crippen molar-refractivity contribution in [1.29, 1.82) is 0 Å². The van der Waals surface area contributed by atoms with Crippen LogP contribution in [0.25, 0.3) is 0 Å². The van der Waals surface area contributed by atoms with Gasteiger partial charge in [-0.25, -0.2) is 0 Å². The molecule has 5 heteroatoms. The maximum atomic E-state index is 12.8. The van der Waals surface area contributed by atoms with Crippen LogP contribution in [0.1, 0.15) is 27.2 Å². The fraction of sp³-hybridized carbons (Fsp3) is 0.462. The zero-order valence-corrected chi connectivity index (χ0v) is 10.7. The van der Waals surface area contributed by atoms with Crippen LogP contribution in [0.15, 0.2) is 35.4 Å². The summed E-state index contributed by atoms with van der Waals surface area (Å²) in [7, 11) is 0. The van der Waals surface area contributed by atoms with Crippen molar-refractivity contribution in [3.05, 3.63) is 30.3 Å². The minimum absolute atomic E-state index is 0.0571. The molecule has 0 saturated heterocycles. The van der Waals surface area contributed by atoms with E-state index in [0.717, 1.165) is 5.01 Å². The molecule has 0 aromatic heterocycles. The second-order valence-corrected chi connectivity index (χ2v) is 3.78. The van der Waals surface area contributed by atoms with E-state index in [2.05, 4.69) is 5.10 Å². The highest BCUT2D eigenvalue weighted by Crippen LogP contribution is 2.34. The summed E-state index contributed by atoms with van der Waals surface area (Å²) < 4.78 is 38.3. The van der Waals surface area contributed by atoms with Crippen molar-refractivity contribution in [1.82, 2.24) is 0 Å². The van der Waals surface area contributed by atoms with Crippen LogP contribution in [0.5, 0.6) is 0 Å². The maximum absolute atomic E-state index is 12.8. The Kier molecular flexibility index (Phi) is 4.76. The Morgan fingerprint density at radius 2 is 1.72 bits per heavy atom. The van der Waals surface area contributed by atoms with Gasteiger partial charge in [-0.1, -0.05) is 32.0 Å². The second kappa shape index (κ2) is 5.89. The van der Waals surface area contributed by atoms with Crippen LogP contribution < -0.4 is 5.01 Å². The number of hydrazone groups is 1. The largest absolute Gasteiger partial charge is 0.411 e. The third-order valence-corrected chi connectivity index (χ3v) is 2.46. The summed E-state index contributed by atoms with van der Waals surface area (Å²) in [5, 5.41) is 4.99. The van der Waals surface area contributed by atoms with Crippen molar-refractivity contribution in [3.8, 4) is 0 Å². The van der Waals surface area contributed by atoms with Gasteiger partial charge in [0.15, 0.2) is 6.04 Å². The van der Waals surface area contributed by atoms with E-state index < -0.39 is 12.2 Å². The first-order chi connectivity index (χ1) is 8.48. The number of para-hydroxylation sites is 1. The quantitative estimate of drug-likeness (QED) is 0.736. The standard InChI is InChI=1S/C11H11F3N2.C2H6/c1-8-7-10(11(12,13)14)16(15-8)9-5-3-2-4-6-9;1-2/h2-6,10H,7H2,1H3;1-2H3. The average molecular weight is 258 g/mol. The molecule has 0 N–H and O–H groups in total. The zero-order valence-electron chi connectivity index (χ0n) is 10.7. The molecule has 1 aromatic carbocycles. The van der Waals surface area contributed by atoms with Gasteiger partial charge in [0.25, 0.3) is 0 Å². The number of hydrogen-bond acceptors (Lipinski definition) is 2. The SMILES string of the molecule is CC.CC1=NN(c2ccccc2)C(C(F)(F)F)C1. The first-order valence-corrected chi connectivity index (χ1v) is 5.93. The Balaban J connectivity index is 0.000000771. The molecule has 1 heterocycles. The van der Waals surface area contributed by atoms with E-state index in [-0.39, 0.29) is 6.42 Å². The van der Waals surface area contributed by atoms with Gasteiger partial charge < -0.3 is 0 Å². The van der Waals surface area contributed by atoms with Gasteiger partial charge in [0.05, 0.1) is 5.69 Å². The lowest BCUT2D eigenvalue weighted by Gasteiger charge is -2.25. The minimum Gasteiger partial charge on any atom is -0.253 e. The summed E-state index contributed by atoms with van der Waals surface area (Å²) >= 11 is 0. The Bertz CT molecular complexity index is 398. The monoisotopic (exact) mass is 258 g/mol. The van der Waals surface area contributed by atoms with Gasteiger partial charge in [-0.2, -0.15) is 18.3 Å². The van der Waals surface area contributed by atoms with E-state index in [1.165, 1.54) is 0 Å². The highest BCUT2D eigenvalue weighted by molar-refractivity contribution is 5.86. The molecule has 0 amide bonds. The Morgan fingerprint density at radius 1 is 1.17 bits per heavy atom. The first-order valence-electron chi connectivity index (χ1n) is 5.93. The molecule has 1 aliphatic rings. The number of anilines is 1. The van der Waals surface area contributed by atoms with Crippen LogP contribution in [0.4, 0.5) is 18.9 Å². The third-order valence-electron chi connectivity index (χ3n) is 2.46. The van der Waals surface area contributed by atoms with Crippen LogP contribution >= 0.6 is 0 Å². The molecule has 1 unspecified atom stereocenters. The molecule has 0 bridgehead atoms. The number of benzene rings is 1.